The van der Waals surface area contributed by atoms with Gasteiger partial charge in [-0.1, -0.05) is 13.3 Å². The number of nitrogens with zero attached hydrogens (tertiary/aromatic N) is 1. The smallest absolute Gasteiger partial charge is 0.0965 e. The quantitative estimate of drug-likeness (QED) is 0.741. The van der Waals surface area contributed by atoms with Crippen LogP contribution < -0.4 is 5.32 Å². The van der Waals surface area contributed by atoms with Gasteiger partial charge in [0.05, 0.1) is 5.84 Å². The summed E-state index contributed by atoms with van der Waals surface area (Å²) in [7, 11) is 0. The van der Waals surface area contributed by atoms with Gasteiger partial charge in [0.2, 0.25) is 0 Å². The number of hydrogen-bond donors (Lipinski definition) is 1. The highest BCUT2D eigenvalue weighted by Gasteiger charge is 2.20. The second-order valence-electron chi connectivity index (χ2n) is 5.06. The zero-order chi connectivity index (χ0) is 10.5. The lowest BCUT2D eigenvalue weighted by Gasteiger charge is -2.30. The summed E-state index contributed by atoms with van der Waals surface area (Å²) < 4.78 is 0. The van der Waals surface area contributed by atoms with E-state index in [1.165, 1.54) is 57.2 Å². The third kappa shape index (κ3) is 3.22. The van der Waals surface area contributed by atoms with Crippen molar-refractivity contribution >= 4 is 5.84 Å². The molecule has 0 atom stereocenters. The lowest BCUT2D eigenvalue weighted by molar-refractivity contribution is 0.304. The fraction of sp³-hybridized carbons (Fsp3) is 0.923. The third-order valence-corrected chi connectivity index (χ3v) is 3.92. The van der Waals surface area contributed by atoms with Crippen molar-refractivity contribution in [3.05, 3.63) is 0 Å². The van der Waals surface area contributed by atoms with E-state index in [9.17, 15) is 0 Å². The Bertz CT molecular complexity index is 215. The zero-order valence-corrected chi connectivity index (χ0v) is 9.97. The molecule has 0 aromatic heterocycles. The van der Waals surface area contributed by atoms with E-state index < -0.39 is 0 Å². The molecule has 1 N–H and O–H groups in total. The Morgan fingerprint density at radius 2 is 2.00 bits per heavy atom. The minimum absolute atomic E-state index is 0.727. The van der Waals surface area contributed by atoms with Crippen molar-refractivity contribution in [2.24, 2.45) is 10.9 Å². The van der Waals surface area contributed by atoms with Crippen molar-refractivity contribution in [3.63, 3.8) is 0 Å². The summed E-state index contributed by atoms with van der Waals surface area (Å²) in [4.78, 5) is 4.57. The van der Waals surface area contributed by atoms with Crippen molar-refractivity contribution in [2.45, 2.75) is 64.3 Å². The van der Waals surface area contributed by atoms with Crippen LogP contribution in [0.2, 0.25) is 0 Å². The van der Waals surface area contributed by atoms with E-state index in [2.05, 4.69) is 17.2 Å². The molecule has 0 amide bonds. The fourth-order valence-corrected chi connectivity index (χ4v) is 2.77. The highest BCUT2D eigenvalue weighted by atomic mass is 15.0. The summed E-state index contributed by atoms with van der Waals surface area (Å²) in [5, 5.41) is 3.65. The average molecular weight is 208 g/mol. The van der Waals surface area contributed by atoms with Crippen LogP contribution in [0.3, 0.4) is 0 Å². The number of hydrogen-bond acceptors (Lipinski definition) is 2. The van der Waals surface area contributed by atoms with E-state index in [-0.39, 0.29) is 0 Å². The Labute approximate surface area is 93.6 Å². The first-order chi connectivity index (χ1) is 7.38. The van der Waals surface area contributed by atoms with Crippen molar-refractivity contribution in [3.8, 4) is 0 Å². The molecule has 2 heteroatoms. The summed E-state index contributed by atoms with van der Waals surface area (Å²) >= 11 is 0. The van der Waals surface area contributed by atoms with Gasteiger partial charge in [-0.2, -0.15) is 0 Å². The van der Waals surface area contributed by atoms with E-state index in [4.69, 9.17) is 0 Å². The summed E-state index contributed by atoms with van der Waals surface area (Å²) in [5.41, 5.74) is 0. The minimum atomic E-state index is 0.727. The van der Waals surface area contributed by atoms with Crippen LogP contribution in [0, 0.1) is 5.92 Å². The van der Waals surface area contributed by atoms with E-state index >= 15 is 0 Å². The predicted octanol–water partition coefficient (Wildman–Crippen LogP) is 3.13. The van der Waals surface area contributed by atoms with Gasteiger partial charge in [0, 0.05) is 19.0 Å². The van der Waals surface area contributed by atoms with Crippen LogP contribution in [0.15, 0.2) is 4.99 Å². The molecule has 15 heavy (non-hydrogen) atoms. The molecule has 2 aliphatic rings. The van der Waals surface area contributed by atoms with Gasteiger partial charge in [-0.15, -0.1) is 0 Å². The SMILES string of the molecule is CCC1CCC(NC2=NCCCC2)CC1. The molecule has 0 radical (unpaired) electrons. The molecule has 1 heterocycles. The molecule has 0 spiro atoms. The van der Waals surface area contributed by atoms with Gasteiger partial charge in [0.15, 0.2) is 0 Å². The number of aliphatic imine (C=N–C) groups is 1. The minimum Gasteiger partial charge on any atom is -0.371 e. The molecular formula is C13H24N2. The van der Waals surface area contributed by atoms with Gasteiger partial charge in [-0.05, 0) is 44.4 Å². The molecule has 1 aliphatic carbocycles. The maximum atomic E-state index is 4.57. The van der Waals surface area contributed by atoms with Gasteiger partial charge in [-0.25, -0.2) is 0 Å². The predicted molar refractivity (Wildman–Crippen MR) is 65.3 cm³/mol. The van der Waals surface area contributed by atoms with Gasteiger partial charge in [0.1, 0.15) is 0 Å². The van der Waals surface area contributed by atoms with Crippen molar-refractivity contribution in [2.75, 3.05) is 6.54 Å². The Balaban J connectivity index is 1.74. The zero-order valence-electron chi connectivity index (χ0n) is 9.97. The first kappa shape index (κ1) is 11.0. The molecule has 0 saturated heterocycles. The third-order valence-electron chi connectivity index (χ3n) is 3.92. The van der Waals surface area contributed by atoms with Gasteiger partial charge < -0.3 is 5.32 Å². The van der Waals surface area contributed by atoms with Crippen LogP contribution in [0.5, 0.6) is 0 Å². The maximum absolute atomic E-state index is 4.57. The molecule has 0 unspecified atom stereocenters. The highest BCUT2D eigenvalue weighted by Crippen LogP contribution is 2.26. The maximum Gasteiger partial charge on any atom is 0.0965 e. The Morgan fingerprint density at radius 3 is 2.60 bits per heavy atom. The second kappa shape index (κ2) is 5.53. The Kier molecular flexibility index (Phi) is 4.04. The Hall–Kier alpha value is -0.530. The first-order valence-electron chi connectivity index (χ1n) is 6.68. The van der Waals surface area contributed by atoms with Crippen molar-refractivity contribution in [1.82, 2.24) is 5.32 Å². The molecule has 2 nitrogen and oxygen atoms in total. The van der Waals surface area contributed by atoms with E-state index in [1.54, 1.807) is 0 Å². The van der Waals surface area contributed by atoms with Crippen LogP contribution in [-0.2, 0) is 0 Å². The molecule has 0 aromatic carbocycles. The second-order valence-corrected chi connectivity index (χ2v) is 5.06. The molecule has 1 fully saturated rings. The van der Waals surface area contributed by atoms with Crippen LogP contribution in [0.25, 0.3) is 0 Å². The van der Waals surface area contributed by atoms with Gasteiger partial charge in [0.25, 0.3) is 0 Å². The summed E-state index contributed by atoms with van der Waals surface area (Å²) in [6, 6.07) is 0.727. The molecule has 1 aliphatic heterocycles. The Morgan fingerprint density at radius 1 is 1.20 bits per heavy atom. The number of nitrogens with one attached hydrogen (secondary N) is 1. The lowest BCUT2D eigenvalue weighted by atomic mass is 9.84. The van der Waals surface area contributed by atoms with Crippen LogP contribution in [0.1, 0.15) is 58.3 Å². The lowest BCUT2D eigenvalue weighted by Crippen LogP contribution is -2.38. The first-order valence-corrected chi connectivity index (χ1v) is 6.68. The average Bonchev–Trinajstić information content (AvgIpc) is 2.31. The van der Waals surface area contributed by atoms with Crippen LogP contribution >= 0.6 is 0 Å². The molecule has 2 rings (SSSR count). The standard InChI is InChI=1S/C13H24N2/c1-2-11-6-8-12(9-7-11)15-13-5-3-4-10-14-13/h11-12H,2-10H2,1H3,(H,14,15). The van der Waals surface area contributed by atoms with Gasteiger partial charge >= 0.3 is 0 Å². The molecule has 1 saturated carbocycles. The van der Waals surface area contributed by atoms with E-state index in [1.807, 2.05) is 0 Å². The summed E-state index contributed by atoms with van der Waals surface area (Å²) in [5.74, 6) is 2.29. The molecular weight excluding hydrogens is 184 g/mol. The molecule has 0 aromatic rings. The van der Waals surface area contributed by atoms with Crippen LogP contribution in [-0.4, -0.2) is 18.4 Å². The van der Waals surface area contributed by atoms with E-state index in [0.29, 0.717) is 0 Å². The monoisotopic (exact) mass is 208 g/mol. The fourth-order valence-electron chi connectivity index (χ4n) is 2.77. The van der Waals surface area contributed by atoms with Gasteiger partial charge in [-0.3, -0.25) is 4.99 Å². The topological polar surface area (TPSA) is 24.4 Å². The number of rotatable bonds is 2. The molecule has 86 valence electrons. The normalized spacial score (nSPS) is 32.2. The largest absolute Gasteiger partial charge is 0.371 e. The number of amidine groups is 1. The van der Waals surface area contributed by atoms with Crippen LogP contribution in [0.4, 0.5) is 0 Å². The summed E-state index contributed by atoms with van der Waals surface area (Å²) in [6.45, 7) is 3.37. The van der Waals surface area contributed by atoms with Crippen molar-refractivity contribution < 1.29 is 0 Å². The van der Waals surface area contributed by atoms with E-state index in [0.717, 1.165) is 18.5 Å². The summed E-state index contributed by atoms with van der Waals surface area (Å²) in [6.07, 6.45) is 10.7. The van der Waals surface area contributed by atoms with Crippen molar-refractivity contribution in [1.29, 1.82) is 0 Å². The highest BCUT2D eigenvalue weighted by molar-refractivity contribution is 5.82. The molecule has 0 bridgehead atoms.